The van der Waals surface area contributed by atoms with Gasteiger partial charge in [0, 0.05) is 30.1 Å². The topological polar surface area (TPSA) is 15.3 Å². The lowest BCUT2D eigenvalue weighted by Crippen LogP contribution is -2.32. The van der Waals surface area contributed by atoms with Crippen LogP contribution in [0.5, 0.6) is 0 Å². The number of rotatable bonds is 4. The number of hydrogen-bond acceptors (Lipinski definition) is 3. The molecule has 2 fully saturated rings. The van der Waals surface area contributed by atoms with E-state index in [-0.39, 0.29) is 0 Å². The summed E-state index contributed by atoms with van der Waals surface area (Å²) in [7, 11) is 2.26. The summed E-state index contributed by atoms with van der Waals surface area (Å²) in [5.74, 6) is 0.892. The van der Waals surface area contributed by atoms with Crippen LogP contribution in [0.4, 0.5) is 0 Å². The van der Waals surface area contributed by atoms with Crippen LogP contribution in [0.2, 0.25) is 0 Å². The van der Waals surface area contributed by atoms with Gasteiger partial charge in [0.1, 0.15) is 0 Å². The van der Waals surface area contributed by atoms with E-state index in [0.29, 0.717) is 0 Å². The summed E-state index contributed by atoms with van der Waals surface area (Å²) in [6.45, 7) is 2.37. The van der Waals surface area contributed by atoms with E-state index in [4.69, 9.17) is 0 Å². The number of hydrogen-bond donors (Lipinski definition) is 1. The molecule has 3 unspecified atom stereocenters. The third-order valence-corrected chi connectivity index (χ3v) is 4.85. The highest BCUT2D eigenvalue weighted by Crippen LogP contribution is 2.33. The van der Waals surface area contributed by atoms with E-state index < -0.39 is 0 Å². The van der Waals surface area contributed by atoms with Crippen molar-refractivity contribution in [3.8, 4) is 0 Å². The predicted octanol–water partition coefficient (Wildman–Crippen LogP) is 2.32. The van der Waals surface area contributed by atoms with Crippen molar-refractivity contribution in [1.82, 2.24) is 10.2 Å². The first-order chi connectivity index (χ1) is 7.81. The van der Waals surface area contributed by atoms with Crippen molar-refractivity contribution in [2.45, 2.75) is 37.9 Å². The van der Waals surface area contributed by atoms with Crippen LogP contribution in [-0.2, 0) is 6.54 Å². The lowest BCUT2D eigenvalue weighted by molar-refractivity contribution is 0.244. The van der Waals surface area contributed by atoms with Crippen LogP contribution in [0.3, 0.4) is 0 Å². The van der Waals surface area contributed by atoms with E-state index in [2.05, 4.69) is 34.8 Å². The fourth-order valence-corrected chi connectivity index (χ4v) is 4.06. The Balaban J connectivity index is 1.51. The minimum Gasteiger partial charge on any atom is -0.311 e. The van der Waals surface area contributed by atoms with E-state index in [1.807, 2.05) is 11.3 Å². The average Bonchev–Trinajstić information content (AvgIpc) is 2.92. The molecule has 0 aliphatic carbocycles. The molecule has 3 heterocycles. The van der Waals surface area contributed by atoms with Crippen molar-refractivity contribution in [3.05, 3.63) is 22.4 Å². The fraction of sp³-hybridized carbons (Fsp3) is 0.692. The summed E-state index contributed by atoms with van der Waals surface area (Å²) in [6.07, 6.45) is 4.22. The first kappa shape index (κ1) is 10.8. The van der Waals surface area contributed by atoms with Gasteiger partial charge in [0.05, 0.1) is 0 Å². The Bertz CT molecular complexity index is 336. The van der Waals surface area contributed by atoms with Gasteiger partial charge >= 0.3 is 0 Å². The summed E-state index contributed by atoms with van der Waals surface area (Å²) in [5, 5.41) is 5.89. The lowest BCUT2D eigenvalue weighted by atomic mass is 9.89. The molecule has 2 nitrogen and oxygen atoms in total. The minimum atomic E-state index is 0.816. The smallest absolute Gasteiger partial charge is 0.0324 e. The van der Waals surface area contributed by atoms with Gasteiger partial charge < -0.3 is 10.2 Å². The number of nitrogens with zero attached hydrogens (tertiary/aromatic N) is 1. The molecule has 2 aliphatic heterocycles. The summed E-state index contributed by atoms with van der Waals surface area (Å²) in [4.78, 5) is 3.97. The quantitative estimate of drug-likeness (QED) is 0.863. The molecule has 3 atom stereocenters. The molecule has 1 aromatic heterocycles. The molecular formula is C13H20N2S. The second-order valence-corrected chi connectivity index (χ2v) is 6.35. The van der Waals surface area contributed by atoms with Crippen molar-refractivity contribution < 1.29 is 0 Å². The maximum absolute atomic E-state index is 3.72. The van der Waals surface area contributed by atoms with Crippen LogP contribution in [-0.4, -0.2) is 30.6 Å². The molecule has 0 aromatic carbocycles. The Labute approximate surface area is 102 Å². The highest BCUT2D eigenvalue weighted by atomic mass is 32.1. The molecule has 3 rings (SSSR count). The van der Waals surface area contributed by atoms with E-state index >= 15 is 0 Å². The largest absolute Gasteiger partial charge is 0.311 e. The Hall–Kier alpha value is -0.380. The maximum atomic E-state index is 3.72. The molecule has 2 bridgehead atoms. The second-order valence-electron chi connectivity index (χ2n) is 5.32. The van der Waals surface area contributed by atoms with Gasteiger partial charge in [0.25, 0.3) is 0 Å². The normalized spacial score (nSPS) is 32.8. The third kappa shape index (κ3) is 2.17. The summed E-state index contributed by atoms with van der Waals surface area (Å²) in [6, 6.07) is 6.04. The summed E-state index contributed by atoms with van der Waals surface area (Å²) < 4.78 is 0. The zero-order valence-corrected chi connectivity index (χ0v) is 10.7. The van der Waals surface area contributed by atoms with E-state index in [9.17, 15) is 0 Å². The Morgan fingerprint density at radius 1 is 1.50 bits per heavy atom. The van der Waals surface area contributed by atoms with Crippen LogP contribution in [0.1, 0.15) is 24.1 Å². The van der Waals surface area contributed by atoms with Gasteiger partial charge in [-0.25, -0.2) is 0 Å². The van der Waals surface area contributed by atoms with Crippen molar-refractivity contribution in [3.63, 3.8) is 0 Å². The fourth-order valence-electron chi connectivity index (χ4n) is 3.27. The van der Waals surface area contributed by atoms with Gasteiger partial charge in [-0.3, -0.25) is 0 Å². The zero-order chi connectivity index (χ0) is 11.0. The molecule has 16 heavy (non-hydrogen) atoms. The van der Waals surface area contributed by atoms with Crippen LogP contribution < -0.4 is 5.32 Å². The van der Waals surface area contributed by atoms with Gasteiger partial charge in [-0.1, -0.05) is 6.07 Å². The molecule has 0 saturated carbocycles. The molecule has 2 aliphatic rings. The monoisotopic (exact) mass is 236 g/mol. The Morgan fingerprint density at radius 2 is 2.44 bits per heavy atom. The van der Waals surface area contributed by atoms with Crippen LogP contribution in [0.15, 0.2) is 17.5 Å². The van der Waals surface area contributed by atoms with Gasteiger partial charge in [0.15, 0.2) is 0 Å². The van der Waals surface area contributed by atoms with Gasteiger partial charge in [-0.2, -0.15) is 0 Å². The SMILES string of the molecule is CN(Cc1cccs1)CC1CC2CCC1N2. The highest BCUT2D eigenvalue weighted by molar-refractivity contribution is 7.09. The third-order valence-electron chi connectivity index (χ3n) is 3.98. The minimum absolute atomic E-state index is 0.816. The standard InChI is InChI=1S/C13H20N2S/c1-15(9-12-3-2-6-16-12)8-10-7-11-4-5-13(10)14-11/h2-3,6,10-11,13-14H,4-5,7-9H2,1H3. The highest BCUT2D eigenvalue weighted by Gasteiger charge is 2.38. The molecular weight excluding hydrogens is 216 g/mol. The maximum Gasteiger partial charge on any atom is 0.0324 e. The van der Waals surface area contributed by atoms with Crippen molar-refractivity contribution in [2.24, 2.45) is 5.92 Å². The Morgan fingerprint density at radius 3 is 3.06 bits per heavy atom. The average molecular weight is 236 g/mol. The molecule has 3 heteroatoms. The van der Waals surface area contributed by atoms with Crippen molar-refractivity contribution >= 4 is 11.3 Å². The number of nitrogens with one attached hydrogen (secondary N) is 1. The van der Waals surface area contributed by atoms with Crippen LogP contribution in [0, 0.1) is 5.92 Å². The first-order valence-corrected chi connectivity index (χ1v) is 7.16. The van der Waals surface area contributed by atoms with E-state index in [0.717, 1.165) is 24.5 Å². The molecule has 88 valence electrons. The Kier molecular flexibility index (Phi) is 3.01. The van der Waals surface area contributed by atoms with Crippen molar-refractivity contribution in [1.29, 1.82) is 0 Å². The first-order valence-electron chi connectivity index (χ1n) is 6.28. The van der Waals surface area contributed by atoms with Gasteiger partial charge in [-0.05, 0) is 43.7 Å². The van der Waals surface area contributed by atoms with Crippen LogP contribution >= 0.6 is 11.3 Å². The van der Waals surface area contributed by atoms with Gasteiger partial charge in [-0.15, -0.1) is 11.3 Å². The number of thiophene rings is 1. The van der Waals surface area contributed by atoms with E-state index in [1.54, 1.807) is 0 Å². The predicted molar refractivity (Wildman–Crippen MR) is 68.7 cm³/mol. The van der Waals surface area contributed by atoms with Gasteiger partial charge in [0.2, 0.25) is 0 Å². The molecule has 0 spiro atoms. The molecule has 2 saturated heterocycles. The molecule has 0 radical (unpaired) electrons. The zero-order valence-electron chi connectivity index (χ0n) is 9.86. The lowest BCUT2D eigenvalue weighted by Gasteiger charge is -2.25. The molecule has 1 N–H and O–H groups in total. The van der Waals surface area contributed by atoms with Crippen LogP contribution in [0.25, 0.3) is 0 Å². The summed E-state index contributed by atoms with van der Waals surface area (Å²) in [5.41, 5.74) is 0. The molecule has 1 aromatic rings. The molecule has 0 amide bonds. The van der Waals surface area contributed by atoms with E-state index in [1.165, 1.54) is 30.7 Å². The summed E-state index contributed by atoms with van der Waals surface area (Å²) >= 11 is 1.87. The second kappa shape index (κ2) is 4.47. The van der Waals surface area contributed by atoms with Crippen molar-refractivity contribution in [2.75, 3.05) is 13.6 Å². The number of fused-ring (bicyclic) bond motifs is 2.